The van der Waals surface area contributed by atoms with E-state index in [1.165, 1.54) is 0 Å². The minimum Gasteiger partial charge on any atom is -0.491 e. The summed E-state index contributed by atoms with van der Waals surface area (Å²) in [6.07, 6.45) is -0.229. The van der Waals surface area contributed by atoms with E-state index in [1.54, 1.807) is 12.1 Å². The predicted octanol–water partition coefficient (Wildman–Crippen LogP) is 1.64. The van der Waals surface area contributed by atoms with Gasteiger partial charge in [0.05, 0.1) is 12.7 Å². The molecule has 1 N–H and O–H groups in total. The molecule has 18 heavy (non-hydrogen) atoms. The van der Waals surface area contributed by atoms with Crippen LogP contribution in [0.2, 0.25) is 0 Å². The molecule has 2 rings (SSSR count). The SMILES string of the molecule is CC(C)Oc1ccc(C(=O)C2CNCCO2)cc1. The highest BCUT2D eigenvalue weighted by molar-refractivity contribution is 5.99. The van der Waals surface area contributed by atoms with Gasteiger partial charge in [-0.3, -0.25) is 4.79 Å². The molecule has 0 radical (unpaired) electrons. The number of benzene rings is 1. The summed E-state index contributed by atoms with van der Waals surface area (Å²) in [5.41, 5.74) is 0.666. The molecule has 0 aliphatic carbocycles. The van der Waals surface area contributed by atoms with E-state index in [4.69, 9.17) is 9.47 Å². The number of rotatable bonds is 4. The number of Topliss-reactive ketones (excluding diaryl/α,β-unsaturated/α-hetero) is 1. The zero-order chi connectivity index (χ0) is 13.0. The highest BCUT2D eigenvalue weighted by Crippen LogP contribution is 2.16. The van der Waals surface area contributed by atoms with Crippen LogP contribution < -0.4 is 10.1 Å². The minimum absolute atomic E-state index is 0.0262. The Morgan fingerprint density at radius 3 is 2.67 bits per heavy atom. The Balaban J connectivity index is 2.02. The maximum Gasteiger partial charge on any atom is 0.192 e. The van der Waals surface area contributed by atoms with Crippen LogP contribution in [0.25, 0.3) is 0 Å². The van der Waals surface area contributed by atoms with E-state index in [2.05, 4.69) is 5.32 Å². The van der Waals surface area contributed by atoms with Gasteiger partial charge in [0.25, 0.3) is 0 Å². The third-order valence-electron chi connectivity index (χ3n) is 2.73. The quantitative estimate of drug-likeness (QED) is 0.824. The van der Waals surface area contributed by atoms with Crippen LogP contribution >= 0.6 is 0 Å². The molecule has 0 amide bonds. The summed E-state index contributed by atoms with van der Waals surface area (Å²) in [7, 11) is 0. The average molecular weight is 249 g/mol. The Kier molecular flexibility index (Phi) is 4.33. The van der Waals surface area contributed by atoms with E-state index in [9.17, 15) is 4.79 Å². The molecular formula is C14H19NO3. The summed E-state index contributed by atoms with van der Waals surface area (Å²) >= 11 is 0. The molecule has 98 valence electrons. The Labute approximate surface area is 107 Å². The van der Waals surface area contributed by atoms with Gasteiger partial charge in [0.2, 0.25) is 0 Å². The number of hydrogen-bond donors (Lipinski definition) is 1. The van der Waals surface area contributed by atoms with Gasteiger partial charge in [0.1, 0.15) is 11.9 Å². The van der Waals surface area contributed by atoms with Crippen LogP contribution in [-0.4, -0.2) is 37.7 Å². The van der Waals surface area contributed by atoms with E-state index in [0.717, 1.165) is 12.3 Å². The first kappa shape index (κ1) is 13.1. The van der Waals surface area contributed by atoms with Crippen molar-refractivity contribution in [2.24, 2.45) is 0 Å². The molecule has 0 bridgehead atoms. The fourth-order valence-corrected chi connectivity index (χ4v) is 1.89. The molecule has 1 fully saturated rings. The van der Waals surface area contributed by atoms with Crippen molar-refractivity contribution in [2.45, 2.75) is 26.1 Å². The molecule has 1 heterocycles. The molecular weight excluding hydrogens is 230 g/mol. The lowest BCUT2D eigenvalue weighted by Gasteiger charge is -2.22. The van der Waals surface area contributed by atoms with Crippen LogP contribution in [0.5, 0.6) is 5.75 Å². The lowest BCUT2D eigenvalue weighted by molar-refractivity contribution is 0.0269. The zero-order valence-corrected chi connectivity index (χ0v) is 10.8. The van der Waals surface area contributed by atoms with Crippen molar-refractivity contribution in [2.75, 3.05) is 19.7 Å². The Hall–Kier alpha value is -1.39. The van der Waals surface area contributed by atoms with Crippen molar-refractivity contribution >= 4 is 5.78 Å². The molecule has 1 aromatic carbocycles. The van der Waals surface area contributed by atoms with Crippen LogP contribution in [0, 0.1) is 0 Å². The second-order valence-corrected chi connectivity index (χ2v) is 4.62. The third-order valence-corrected chi connectivity index (χ3v) is 2.73. The molecule has 1 aliphatic heterocycles. The van der Waals surface area contributed by atoms with Crippen molar-refractivity contribution in [1.29, 1.82) is 0 Å². The van der Waals surface area contributed by atoms with Crippen LogP contribution in [-0.2, 0) is 4.74 Å². The van der Waals surface area contributed by atoms with Gasteiger partial charge in [-0.1, -0.05) is 0 Å². The molecule has 1 aliphatic rings. The third kappa shape index (κ3) is 3.31. The summed E-state index contributed by atoms with van der Waals surface area (Å²) in [5.74, 6) is 0.808. The summed E-state index contributed by atoms with van der Waals surface area (Å²) in [6, 6.07) is 7.23. The van der Waals surface area contributed by atoms with E-state index in [1.807, 2.05) is 26.0 Å². The topological polar surface area (TPSA) is 47.6 Å². The molecule has 1 atom stereocenters. The Morgan fingerprint density at radius 1 is 1.39 bits per heavy atom. The molecule has 1 saturated heterocycles. The lowest BCUT2D eigenvalue weighted by Crippen LogP contribution is -2.43. The van der Waals surface area contributed by atoms with E-state index >= 15 is 0 Å². The number of carbonyl (C=O) groups excluding carboxylic acids is 1. The van der Waals surface area contributed by atoms with Gasteiger partial charge >= 0.3 is 0 Å². The molecule has 0 spiro atoms. The van der Waals surface area contributed by atoms with Crippen LogP contribution in [0.1, 0.15) is 24.2 Å². The Morgan fingerprint density at radius 2 is 2.11 bits per heavy atom. The van der Waals surface area contributed by atoms with Crippen molar-refractivity contribution in [3.05, 3.63) is 29.8 Å². The number of hydrogen-bond acceptors (Lipinski definition) is 4. The number of nitrogens with one attached hydrogen (secondary N) is 1. The van der Waals surface area contributed by atoms with E-state index < -0.39 is 0 Å². The number of ketones is 1. The second kappa shape index (κ2) is 5.98. The van der Waals surface area contributed by atoms with E-state index in [-0.39, 0.29) is 18.0 Å². The van der Waals surface area contributed by atoms with Gasteiger partial charge in [-0.05, 0) is 38.1 Å². The molecule has 1 unspecified atom stereocenters. The van der Waals surface area contributed by atoms with Crippen molar-refractivity contribution in [3.63, 3.8) is 0 Å². The fraction of sp³-hybridized carbons (Fsp3) is 0.500. The lowest BCUT2D eigenvalue weighted by atomic mass is 10.1. The van der Waals surface area contributed by atoms with Gasteiger partial charge in [0, 0.05) is 18.7 Å². The normalized spacial score (nSPS) is 19.8. The van der Waals surface area contributed by atoms with E-state index in [0.29, 0.717) is 18.7 Å². The summed E-state index contributed by atoms with van der Waals surface area (Å²) in [4.78, 5) is 12.1. The maximum absolute atomic E-state index is 12.1. The Bertz CT molecular complexity index is 394. The molecule has 0 aromatic heterocycles. The largest absolute Gasteiger partial charge is 0.491 e. The molecule has 0 saturated carbocycles. The number of ether oxygens (including phenoxy) is 2. The van der Waals surface area contributed by atoms with Gasteiger partial charge in [-0.2, -0.15) is 0 Å². The summed E-state index contributed by atoms with van der Waals surface area (Å²) < 4.78 is 11.0. The first-order valence-electron chi connectivity index (χ1n) is 6.30. The molecule has 1 aromatic rings. The average Bonchev–Trinajstić information content (AvgIpc) is 2.39. The molecule has 4 nitrogen and oxygen atoms in total. The van der Waals surface area contributed by atoms with Crippen LogP contribution in [0.4, 0.5) is 0 Å². The van der Waals surface area contributed by atoms with Gasteiger partial charge in [0.15, 0.2) is 5.78 Å². The second-order valence-electron chi connectivity index (χ2n) is 4.62. The monoisotopic (exact) mass is 249 g/mol. The maximum atomic E-state index is 12.1. The van der Waals surface area contributed by atoms with Gasteiger partial charge in [-0.25, -0.2) is 0 Å². The van der Waals surface area contributed by atoms with Crippen molar-refractivity contribution in [1.82, 2.24) is 5.32 Å². The smallest absolute Gasteiger partial charge is 0.192 e. The minimum atomic E-state index is -0.365. The fourth-order valence-electron chi connectivity index (χ4n) is 1.89. The van der Waals surface area contributed by atoms with Gasteiger partial charge in [-0.15, -0.1) is 0 Å². The number of morpholine rings is 1. The van der Waals surface area contributed by atoms with Crippen LogP contribution in [0.15, 0.2) is 24.3 Å². The highest BCUT2D eigenvalue weighted by Gasteiger charge is 2.22. The van der Waals surface area contributed by atoms with Crippen LogP contribution in [0.3, 0.4) is 0 Å². The summed E-state index contributed by atoms with van der Waals surface area (Å²) in [6.45, 7) is 5.93. The zero-order valence-electron chi connectivity index (χ0n) is 10.8. The highest BCUT2D eigenvalue weighted by atomic mass is 16.5. The van der Waals surface area contributed by atoms with Crippen molar-refractivity contribution < 1.29 is 14.3 Å². The summed E-state index contributed by atoms with van der Waals surface area (Å²) in [5, 5.41) is 3.15. The standard InChI is InChI=1S/C14H19NO3/c1-10(2)18-12-5-3-11(4-6-12)14(16)13-9-15-7-8-17-13/h3-6,10,13,15H,7-9H2,1-2H3. The first-order chi connectivity index (χ1) is 8.66. The van der Waals surface area contributed by atoms with Gasteiger partial charge < -0.3 is 14.8 Å². The van der Waals surface area contributed by atoms with Crippen molar-refractivity contribution in [3.8, 4) is 5.75 Å². The predicted molar refractivity (Wildman–Crippen MR) is 69.1 cm³/mol. The number of carbonyl (C=O) groups is 1. The first-order valence-corrected chi connectivity index (χ1v) is 6.30. The molecule has 4 heteroatoms.